The van der Waals surface area contributed by atoms with E-state index in [2.05, 4.69) is 0 Å². The van der Waals surface area contributed by atoms with E-state index in [1.807, 2.05) is 0 Å². The van der Waals surface area contributed by atoms with Crippen molar-refractivity contribution in [1.82, 2.24) is 0 Å². The van der Waals surface area contributed by atoms with Gasteiger partial charge in [0.15, 0.2) is 0 Å². The van der Waals surface area contributed by atoms with Gasteiger partial charge in [-0.3, -0.25) is 4.79 Å². The first kappa shape index (κ1) is 15.4. The fourth-order valence-corrected chi connectivity index (χ4v) is 1.55. The van der Waals surface area contributed by atoms with Crippen LogP contribution in [0.4, 0.5) is 4.39 Å². The van der Waals surface area contributed by atoms with Crippen molar-refractivity contribution in [2.45, 2.75) is 32.7 Å². The van der Waals surface area contributed by atoms with Gasteiger partial charge in [-0.15, -0.1) is 0 Å². The van der Waals surface area contributed by atoms with Crippen molar-refractivity contribution in [3.05, 3.63) is 29.6 Å². The lowest BCUT2D eigenvalue weighted by atomic mass is 10.0. The van der Waals surface area contributed by atoms with Crippen LogP contribution in [-0.4, -0.2) is 24.7 Å². The monoisotopic (exact) mass is 269 g/mol. The third-order valence-electron chi connectivity index (χ3n) is 2.76. The first-order valence-electron chi connectivity index (χ1n) is 6.22. The lowest BCUT2D eigenvalue weighted by Gasteiger charge is -2.22. The fraction of sp³-hybridized carbons (Fsp3) is 0.500. The number of esters is 1. The van der Waals surface area contributed by atoms with E-state index >= 15 is 0 Å². The molecule has 0 amide bonds. The maximum Gasteiger partial charge on any atom is 0.325 e. The molecule has 5 heteroatoms. The van der Waals surface area contributed by atoms with Gasteiger partial charge in [0.2, 0.25) is 0 Å². The summed E-state index contributed by atoms with van der Waals surface area (Å²) in [4.78, 5) is 11.6. The molecule has 1 aromatic carbocycles. The van der Waals surface area contributed by atoms with E-state index in [1.54, 1.807) is 26.8 Å². The molecule has 0 aromatic heterocycles. The zero-order chi connectivity index (χ0) is 14.5. The maximum atomic E-state index is 12.9. The van der Waals surface area contributed by atoms with Crippen LogP contribution in [0, 0.1) is 12.7 Å². The number of carbonyl (C=O) groups excluding carboxylic acids is 1. The molecule has 0 aliphatic heterocycles. The summed E-state index contributed by atoms with van der Waals surface area (Å²) in [5, 5.41) is 0. The third-order valence-corrected chi connectivity index (χ3v) is 2.76. The smallest absolute Gasteiger partial charge is 0.325 e. The molecule has 1 rings (SSSR count). The lowest BCUT2D eigenvalue weighted by Crippen LogP contribution is -2.47. The van der Waals surface area contributed by atoms with Crippen LogP contribution in [0.5, 0.6) is 5.75 Å². The summed E-state index contributed by atoms with van der Waals surface area (Å²) in [7, 11) is 0. The van der Waals surface area contributed by atoms with Crippen LogP contribution in [0.15, 0.2) is 18.2 Å². The summed E-state index contributed by atoms with van der Waals surface area (Å²) < 4.78 is 23.3. The van der Waals surface area contributed by atoms with Crippen molar-refractivity contribution in [2.75, 3.05) is 13.2 Å². The molecule has 1 unspecified atom stereocenters. The zero-order valence-corrected chi connectivity index (χ0v) is 11.5. The van der Waals surface area contributed by atoms with E-state index in [-0.39, 0.29) is 12.4 Å². The number of hydrogen-bond acceptors (Lipinski definition) is 4. The molecule has 0 spiro atoms. The minimum absolute atomic E-state index is 0.262. The SMILES string of the molecule is CCOC(=O)C(C)(N)CCOc1ccc(F)cc1C. The summed E-state index contributed by atoms with van der Waals surface area (Å²) in [6, 6.07) is 4.28. The second-order valence-electron chi connectivity index (χ2n) is 4.65. The van der Waals surface area contributed by atoms with Crippen LogP contribution < -0.4 is 10.5 Å². The second-order valence-corrected chi connectivity index (χ2v) is 4.65. The van der Waals surface area contributed by atoms with Crippen LogP contribution in [0.3, 0.4) is 0 Å². The summed E-state index contributed by atoms with van der Waals surface area (Å²) in [6.07, 6.45) is 0.322. The van der Waals surface area contributed by atoms with E-state index in [0.717, 1.165) is 0 Å². The molecule has 0 saturated heterocycles. The van der Waals surface area contributed by atoms with Gasteiger partial charge >= 0.3 is 5.97 Å². The molecular formula is C14H20FNO3. The molecule has 0 radical (unpaired) electrons. The molecule has 0 fully saturated rings. The van der Waals surface area contributed by atoms with Crippen LogP contribution in [0.2, 0.25) is 0 Å². The highest BCUT2D eigenvalue weighted by Crippen LogP contribution is 2.19. The first-order valence-corrected chi connectivity index (χ1v) is 6.22. The van der Waals surface area contributed by atoms with Crippen molar-refractivity contribution >= 4 is 5.97 Å². The van der Waals surface area contributed by atoms with Gasteiger partial charge in [0.1, 0.15) is 17.1 Å². The Bertz CT molecular complexity index is 446. The van der Waals surface area contributed by atoms with Crippen molar-refractivity contribution in [1.29, 1.82) is 0 Å². The molecule has 0 aliphatic rings. The topological polar surface area (TPSA) is 61.5 Å². The van der Waals surface area contributed by atoms with Crippen molar-refractivity contribution in [2.24, 2.45) is 5.73 Å². The molecule has 106 valence electrons. The summed E-state index contributed by atoms with van der Waals surface area (Å²) in [5.41, 5.74) is 5.48. The zero-order valence-electron chi connectivity index (χ0n) is 11.5. The highest BCUT2D eigenvalue weighted by molar-refractivity contribution is 5.79. The summed E-state index contributed by atoms with van der Waals surface area (Å²) >= 11 is 0. The molecule has 0 aliphatic carbocycles. The van der Waals surface area contributed by atoms with Gasteiger partial charge in [-0.05, 0) is 44.5 Å². The minimum Gasteiger partial charge on any atom is -0.493 e. The van der Waals surface area contributed by atoms with Crippen LogP contribution in [-0.2, 0) is 9.53 Å². The maximum absolute atomic E-state index is 12.9. The Hall–Kier alpha value is -1.62. The molecule has 0 heterocycles. The molecule has 0 saturated carbocycles. The number of halogens is 1. The Morgan fingerprint density at radius 1 is 1.47 bits per heavy atom. The molecule has 0 bridgehead atoms. The van der Waals surface area contributed by atoms with E-state index in [9.17, 15) is 9.18 Å². The van der Waals surface area contributed by atoms with Gasteiger partial charge < -0.3 is 15.2 Å². The Balaban J connectivity index is 2.51. The highest BCUT2D eigenvalue weighted by atomic mass is 19.1. The number of carbonyl (C=O) groups is 1. The number of nitrogens with two attached hydrogens (primary N) is 1. The van der Waals surface area contributed by atoms with Gasteiger partial charge in [-0.2, -0.15) is 0 Å². The average Bonchev–Trinajstić information content (AvgIpc) is 2.32. The number of hydrogen-bond donors (Lipinski definition) is 1. The first-order chi connectivity index (χ1) is 8.86. The van der Waals surface area contributed by atoms with E-state index < -0.39 is 11.5 Å². The molecule has 19 heavy (non-hydrogen) atoms. The predicted molar refractivity (Wildman–Crippen MR) is 70.5 cm³/mol. The Morgan fingerprint density at radius 3 is 2.74 bits per heavy atom. The van der Waals surface area contributed by atoms with Crippen molar-refractivity contribution in [3.8, 4) is 5.75 Å². The highest BCUT2D eigenvalue weighted by Gasteiger charge is 2.29. The van der Waals surface area contributed by atoms with Gasteiger partial charge in [0.05, 0.1) is 13.2 Å². The standard InChI is InChI=1S/C14H20FNO3/c1-4-18-13(17)14(3,16)7-8-19-12-6-5-11(15)9-10(12)2/h5-6,9H,4,7-8,16H2,1-3H3. The van der Waals surface area contributed by atoms with Crippen LogP contribution >= 0.6 is 0 Å². The third kappa shape index (κ3) is 4.52. The molecule has 1 aromatic rings. The largest absolute Gasteiger partial charge is 0.493 e. The van der Waals surface area contributed by atoms with Gasteiger partial charge in [0.25, 0.3) is 0 Å². The lowest BCUT2D eigenvalue weighted by molar-refractivity contribution is -0.149. The summed E-state index contributed by atoms with van der Waals surface area (Å²) in [5.74, 6) is -0.171. The van der Waals surface area contributed by atoms with Gasteiger partial charge in [-0.25, -0.2) is 4.39 Å². The number of rotatable bonds is 6. The van der Waals surface area contributed by atoms with E-state index in [1.165, 1.54) is 12.1 Å². The second kappa shape index (κ2) is 6.52. The molecule has 1 atom stereocenters. The number of aryl methyl sites for hydroxylation is 1. The van der Waals surface area contributed by atoms with E-state index in [0.29, 0.717) is 24.3 Å². The Morgan fingerprint density at radius 2 is 2.16 bits per heavy atom. The van der Waals surface area contributed by atoms with Gasteiger partial charge in [-0.1, -0.05) is 0 Å². The van der Waals surface area contributed by atoms with Crippen molar-refractivity contribution in [3.63, 3.8) is 0 Å². The van der Waals surface area contributed by atoms with Crippen LogP contribution in [0.1, 0.15) is 25.8 Å². The normalized spacial score (nSPS) is 13.7. The number of ether oxygens (including phenoxy) is 2. The molecule has 4 nitrogen and oxygen atoms in total. The van der Waals surface area contributed by atoms with Crippen molar-refractivity contribution < 1.29 is 18.7 Å². The van der Waals surface area contributed by atoms with Gasteiger partial charge in [0, 0.05) is 6.42 Å². The Kier molecular flexibility index (Phi) is 5.30. The Labute approximate surface area is 112 Å². The number of benzene rings is 1. The predicted octanol–water partition coefficient (Wildman–Crippen LogP) is 2.18. The quantitative estimate of drug-likeness (QED) is 0.804. The average molecular weight is 269 g/mol. The minimum atomic E-state index is -1.08. The molecule has 2 N–H and O–H groups in total. The van der Waals surface area contributed by atoms with E-state index in [4.69, 9.17) is 15.2 Å². The molecular weight excluding hydrogens is 249 g/mol. The van der Waals surface area contributed by atoms with Crippen LogP contribution in [0.25, 0.3) is 0 Å². The summed E-state index contributed by atoms with van der Waals surface area (Å²) in [6.45, 7) is 5.64. The fourth-order valence-electron chi connectivity index (χ4n) is 1.55.